The highest BCUT2D eigenvalue weighted by molar-refractivity contribution is 6.30. The minimum Gasteiger partial charge on any atom is -0.481 e. The molecule has 0 aromatic heterocycles. The molecule has 0 aliphatic rings. The molecular formula is C26H24ClNO3. The van der Waals surface area contributed by atoms with E-state index in [0.717, 1.165) is 16.9 Å². The molecule has 3 rings (SSSR count). The van der Waals surface area contributed by atoms with Gasteiger partial charge in [0, 0.05) is 5.02 Å². The number of carboxylic acids is 1. The van der Waals surface area contributed by atoms with Gasteiger partial charge in [0.1, 0.15) is 11.5 Å². The Hall–Kier alpha value is -3.29. The van der Waals surface area contributed by atoms with E-state index in [1.807, 2.05) is 61.5 Å². The van der Waals surface area contributed by atoms with E-state index >= 15 is 0 Å². The van der Waals surface area contributed by atoms with Crippen LogP contribution in [-0.2, 0) is 4.79 Å². The lowest BCUT2D eigenvalue weighted by Gasteiger charge is -2.22. The normalized spacial score (nSPS) is 13.6. The third-order valence-corrected chi connectivity index (χ3v) is 5.62. The molecule has 3 unspecified atom stereocenters. The van der Waals surface area contributed by atoms with Crippen LogP contribution >= 0.6 is 11.6 Å². The quantitative estimate of drug-likeness (QED) is 0.393. The van der Waals surface area contributed by atoms with Gasteiger partial charge in [-0.3, -0.25) is 4.79 Å². The van der Waals surface area contributed by atoms with Crippen LogP contribution in [0.4, 0.5) is 0 Å². The van der Waals surface area contributed by atoms with Gasteiger partial charge in [-0.15, -0.1) is 0 Å². The summed E-state index contributed by atoms with van der Waals surface area (Å²) in [4.78, 5) is 11.9. The molecule has 5 heteroatoms. The van der Waals surface area contributed by atoms with E-state index in [2.05, 4.69) is 6.07 Å². The molecule has 31 heavy (non-hydrogen) atoms. The number of carbonyl (C=O) groups is 1. The predicted molar refractivity (Wildman–Crippen MR) is 122 cm³/mol. The van der Waals surface area contributed by atoms with Crippen molar-refractivity contribution in [2.24, 2.45) is 5.92 Å². The summed E-state index contributed by atoms with van der Waals surface area (Å²) in [6.07, 6.45) is 1.16. The third-order valence-electron chi connectivity index (χ3n) is 5.37. The van der Waals surface area contributed by atoms with Gasteiger partial charge in [0.05, 0.1) is 17.9 Å². The molecule has 4 nitrogen and oxygen atoms in total. The van der Waals surface area contributed by atoms with Crippen LogP contribution in [-0.4, -0.2) is 11.1 Å². The molecule has 3 aromatic carbocycles. The SMILES string of the molecule is CC(CCC(C#N)c1cccc(Oc2ccccc2)c1)C(C(=O)O)c1ccc(Cl)cc1. The van der Waals surface area contributed by atoms with Gasteiger partial charge < -0.3 is 9.84 Å². The minimum atomic E-state index is -0.874. The number of nitriles is 1. The Morgan fingerprint density at radius 1 is 0.968 bits per heavy atom. The average Bonchev–Trinajstić information content (AvgIpc) is 2.76. The Morgan fingerprint density at radius 3 is 2.29 bits per heavy atom. The van der Waals surface area contributed by atoms with Crippen molar-refractivity contribution in [1.82, 2.24) is 0 Å². The topological polar surface area (TPSA) is 70.3 Å². The summed E-state index contributed by atoms with van der Waals surface area (Å²) >= 11 is 5.93. The fraction of sp³-hybridized carbons (Fsp3) is 0.231. The zero-order valence-corrected chi connectivity index (χ0v) is 18.0. The fourth-order valence-corrected chi connectivity index (χ4v) is 3.83. The number of para-hydroxylation sites is 1. The van der Waals surface area contributed by atoms with Crippen LogP contribution in [0.2, 0.25) is 5.02 Å². The van der Waals surface area contributed by atoms with Crippen molar-refractivity contribution >= 4 is 17.6 Å². The Kier molecular flexibility index (Phi) is 7.70. The lowest BCUT2D eigenvalue weighted by Crippen LogP contribution is -2.20. The number of nitrogens with zero attached hydrogens (tertiary/aromatic N) is 1. The number of ether oxygens (including phenoxy) is 1. The molecule has 1 N–H and O–H groups in total. The van der Waals surface area contributed by atoms with Crippen LogP contribution in [0.3, 0.4) is 0 Å². The molecule has 0 saturated carbocycles. The van der Waals surface area contributed by atoms with Gasteiger partial charge in [0.15, 0.2) is 0 Å². The highest BCUT2D eigenvalue weighted by Gasteiger charge is 2.27. The van der Waals surface area contributed by atoms with Crippen molar-refractivity contribution in [3.63, 3.8) is 0 Å². The van der Waals surface area contributed by atoms with Crippen LogP contribution in [0, 0.1) is 17.2 Å². The summed E-state index contributed by atoms with van der Waals surface area (Å²) in [6.45, 7) is 1.91. The van der Waals surface area contributed by atoms with Gasteiger partial charge in [-0.1, -0.05) is 61.0 Å². The van der Waals surface area contributed by atoms with E-state index < -0.39 is 11.9 Å². The van der Waals surface area contributed by atoms with Crippen molar-refractivity contribution in [1.29, 1.82) is 5.26 Å². The monoisotopic (exact) mass is 433 g/mol. The fourth-order valence-electron chi connectivity index (χ4n) is 3.71. The Morgan fingerprint density at radius 2 is 1.65 bits per heavy atom. The Balaban J connectivity index is 1.69. The highest BCUT2D eigenvalue weighted by Crippen LogP contribution is 2.33. The lowest BCUT2D eigenvalue weighted by molar-refractivity contribution is -0.140. The molecule has 0 spiro atoms. The average molecular weight is 434 g/mol. The van der Waals surface area contributed by atoms with Crippen molar-refractivity contribution < 1.29 is 14.6 Å². The summed E-state index contributed by atoms with van der Waals surface area (Å²) in [7, 11) is 0. The van der Waals surface area contributed by atoms with Gasteiger partial charge in [0.25, 0.3) is 0 Å². The largest absolute Gasteiger partial charge is 0.481 e. The molecular weight excluding hydrogens is 410 g/mol. The molecule has 0 aliphatic heterocycles. The second-order valence-corrected chi connectivity index (χ2v) is 8.03. The maximum absolute atomic E-state index is 11.9. The zero-order chi connectivity index (χ0) is 22.2. The van der Waals surface area contributed by atoms with Crippen LogP contribution in [0.5, 0.6) is 11.5 Å². The standard InChI is InChI=1S/C26H24ClNO3/c1-18(25(26(29)30)19-12-14-22(27)15-13-19)10-11-21(17-28)20-6-5-9-24(16-20)31-23-7-3-2-4-8-23/h2-9,12-16,18,21,25H,10-11H2,1H3,(H,29,30). The molecule has 158 valence electrons. The van der Waals surface area contributed by atoms with E-state index in [0.29, 0.717) is 23.6 Å². The first-order valence-electron chi connectivity index (χ1n) is 10.2. The number of hydrogen-bond donors (Lipinski definition) is 1. The van der Waals surface area contributed by atoms with Crippen molar-refractivity contribution in [2.45, 2.75) is 31.6 Å². The molecule has 0 amide bonds. The Bertz CT molecular complexity index is 1040. The zero-order valence-electron chi connectivity index (χ0n) is 17.2. The van der Waals surface area contributed by atoms with E-state index in [9.17, 15) is 15.2 Å². The second kappa shape index (κ2) is 10.7. The van der Waals surface area contributed by atoms with Crippen LogP contribution in [0.25, 0.3) is 0 Å². The summed E-state index contributed by atoms with van der Waals surface area (Å²) < 4.78 is 5.88. The number of halogens is 1. The van der Waals surface area contributed by atoms with Gasteiger partial charge in [-0.05, 0) is 66.3 Å². The number of benzene rings is 3. The van der Waals surface area contributed by atoms with E-state index in [1.165, 1.54) is 0 Å². The second-order valence-electron chi connectivity index (χ2n) is 7.59. The van der Waals surface area contributed by atoms with Crippen molar-refractivity contribution in [2.75, 3.05) is 0 Å². The molecule has 3 aromatic rings. The third kappa shape index (κ3) is 6.10. The smallest absolute Gasteiger partial charge is 0.311 e. The molecule has 0 fully saturated rings. The van der Waals surface area contributed by atoms with Gasteiger partial charge in [0.2, 0.25) is 0 Å². The summed E-state index contributed by atoms with van der Waals surface area (Å²) in [5.41, 5.74) is 1.58. The van der Waals surface area contributed by atoms with Crippen molar-refractivity contribution in [3.05, 3.63) is 95.0 Å². The first kappa shape index (κ1) is 22.4. The Labute approximate surface area is 187 Å². The predicted octanol–water partition coefficient (Wildman–Crippen LogP) is 7.02. The maximum atomic E-state index is 11.9. The van der Waals surface area contributed by atoms with Gasteiger partial charge >= 0.3 is 5.97 Å². The van der Waals surface area contributed by atoms with E-state index in [4.69, 9.17) is 16.3 Å². The lowest BCUT2D eigenvalue weighted by atomic mass is 9.82. The van der Waals surface area contributed by atoms with Gasteiger partial charge in [-0.25, -0.2) is 0 Å². The number of carboxylic acid groups (broad SMARTS) is 1. The minimum absolute atomic E-state index is 0.140. The van der Waals surface area contributed by atoms with Crippen LogP contribution in [0.15, 0.2) is 78.9 Å². The molecule has 3 atom stereocenters. The van der Waals surface area contributed by atoms with E-state index in [1.54, 1.807) is 24.3 Å². The molecule has 0 saturated heterocycles. The summed E-state index contributed by atoms with van der Waals surface area (Å²) in [5, 5.41) is 20.1. The number of rotatable bonds is 9. The van der Waals surface area contributed by atoms with Gasteiger partial charge in [-0.2, -0.15) is 5.26 Å². The molecule has 0 radical (unpaired) electrons. The molecule has 0 aliphatic carbocycles. The number of aliphatic carboxylic acids is 1. The summed E-state index contributed by atoms with van der Waals surface area (Å²) in [6, 6.07) is 26.3. The first-order valence-corrected chi connectivity index (χ1v) is 10.6. The van der Waals surface area contributed by atoms with Crippen LogP contribution in [0.1, 0.15) is 42.7 Å². The molecule has 0 heterocycles. The van der Waals surface area contributed by atoms with Crippen LogP contribution < -0.4 is 4.74 Å². The molecule has 0 bridgehead atoms. The first-order chi connectivity index (χ1) is 15.0. The van der Waals surface area contributed by atoms with E-state index in [-0.39, 0.29) is 11.8 Å². The highest BCUT2D eigenvalue weighted by atomic mass is 35.5. The maximum Gasteiger partial charge on any atom is 0.311 e. The summed E-state index contributed by atoms with van der Waals surface area (Å²) in [5.74, 6) is -0.610. The van der Waals surface area contributed by atoms with Crippen molar-refractivity contribution in [3.8, 4) is 17.6 Å². The number of hydrogen-bond acceptors (Lipinski definition) is 3.